The van der Waals surface area contributed by atoms with Crippen LogP contribution in [0.2, 0.25) is 0 Å². The second kappa shape index (κ2) is 10.3. The van der Waals surface area contributed by atoms with Gasteiger partial charge in [-0.2, -0.15) is 13.2 Å². The molecule has 0 aromatic rings. The highest BCUT2D eigenvalue weighted by Crippen LogP contribution is 2.76. The zero-order chi connectivity index (χ0) is 31.2. The van der Waals surface area contributed by atoms with Crippen LogP contribution in [-0.2, 0) is 4.79 Å². The third-order valence-corrected chi connectivity index (χ3v) is 15.1. The van der Waals surface area contributed by atoms with Crippen molar-refractivity contribution in [2.45, 2.75) is 136 Å². The maximum absolute atomic E-state index is 13.9. The second-order valence-corrected chi connectivity index (χ2v) is 16.9. The highest BCUT2D eigenvalue weighted by atomic mass is 19.4. The molecular formula is C36H55F3N2O2. The lowest BCUT2D eigenvalue weighted by Crippen LogP contribution is -2.69. The van der Waals surface area contributed by atoms with Crippen LogP contribution in [0.25, 0.3) is 0 Å². The van der Waals surface area contributed by atoms with Gasteiger partial charge < -0.3 is 10.8 Å². The third kappa shape index (κ3) is 4.54. The number of carboxylic acids is 1. The molecule has 6 rings (SSSR count). The van der Waals surface area contributed by atoms with Crippen molar-refractivity contribution in [1.82, 2.24) is 5.32 Å². The van der Waals surface area contributed by atoms with Gasteiger partial charge in [-0.15, -0.1) is 0 Å². The summed E-state index contributed by atoms with van der Waals surface area (Å²) < 4.78 is 41.7. The number of carbonyl (C=O) groups is 1. The molecule has 4 nitrogen and oxygen atoms in total. The number of alkyl halides is 3. The number of fused-ring (bicyclic) bond motifs is 7. The maximum Gasteiger partial charge on any atom is 0.405 e. The standard InChI is InChI=1S/C36H55F3N2O2/c1-31(2)24(22-8-10-23(11-9-22)30(42)43)14-17-32(3)27(31)15-18-34(5)28(32)13-12-25-26-7-6-16-35(26,20-19-33(25,34)4)41-29(21-40)36(37,38)39/h8,14,23,25-29,41H,6-7,9-13,15-21,40H2,1-5H3,(H,42,43)/t23?,25?,26?,27?,28?,29?,32?,33-,34?,35?/m1/s1. The Morgan fingerprint density at radius 3 is 2.33 bits per heavy atom. The van der Waals surface area contributed by atoms with Gasteiger partial charge in [0.05, 0.1) is 5.92 Å². The molecule has 6 aliphatic carbocycles. The van der Waals surface area contributed by atoms with E-state index in [1.807, 2.05) is 0 Å². The quantitative estimate of drug-likeness (QED) is 0.295. The van der Waals surface area contributed by atoms with E-state index in [9.17, 15) is 23.1 Å². The Morgan fingerprint density at radius 1 is 0.953 bits per heavy atom. The second-order valence-electron chi connectivity index (χ2n) is 16.9. The molecule has 9 unspecified atom stereocenters. The van der Waals surface area contributed by atoms with Gasteiger partial charge in [-0.05, 0) is 134 Å². The highest BCUT2D eigenvalue weighted by molar-refractivity contribution is 5.70. The van der Waals surface area contributed by atoms with E-state index in [2.05, 4.69) is 52.1 Å². The first-order chi connectivity index (χ1) is 20.0. The van der Waals surface area contributed by atoms with Crippen LogP contribution in [0.3, 0.4) is 0 Å². The molecule has 0 aromatic carbocycles. The molecule has 0 bridgehead atoms. The third-order valence-electron chi connectivity index (χ3n) is 15.1. The van der Waals surface area contributed by atoms with E-state index in [1.165, 1.54) is 24.0 Å². The fourth-order valence-electron chi connectivity index (χ4n) is 12.9. The molecule has 0 spiro atoms. The van der Waals surface area contributed by atoms with E-state index in [1.54, 1.807) is 0 Å². The van der Waals surface area contributed by atoms with Crippen LogP contribution in [0.5, 0.6) is 0 Å². The predicted octanol–water partition coefficient (Wildman–Crippen LogP) is 8.42. The first-order valence-electron chi connectivity index (χ1n) is 17.2. The van der Waals surface area contributed by atoms with E-state index in [0.717, 1.165) is 64.2 Å². The van der Waals surface area contributed by atoms with E-state index < -0.39 is 30.3 Å². The average molecular weight is 605 g/mol. The van der Waals surface area contributed by atoms with Crippen molar-refractivity contribution in [1.29, 1.82) is 0 Å². The van der Waals surface area contributed by atoms with Crippen LogP contribution < -0.4 is 11.1 Å². The van der Waals surface area contributed by atoms with Crippen LogP contribution in [0.1, 0.15) is 118 Å². The summed E-state index contributed by atoms with van der Waals surface area (Å²) in [6.07, 6.45) is 13.0. The van der Waals surface area contributed by atoms with E-state index in [-0.39, 0.29) is 33.5 Å². The molecule has 4 N–H and O–H groups in total. The molecule has 0 saturated heterocycles. The van der Waals surface area contributed by atoms with Crippen molar-refractivity contribution in [2.24, 2.45) is 57.0 Å². The summed E-state index contributed by atoms with van der Waals surface area (Å²) in [4.78, 5) is 11.6. The van der Waals surface area contributed by atoms with Crippen molar-refractivity contribution in [2.75, 3.05) is 6.54 Å². The lowest BCUT2D eigenvalue weighted by Gasteiger charge is -2.72. The fourth-order valence-corrected chi connectivity index (χ4v) is 12.9. The summed E-state index contributed by atoms with van der Waals surface area (Å²) in [5.41, 5.74) is 8.56. The summed E-state index contributed by atoms with van der Waals surface area (Å²) in [5.74, 6) is 0.941. The van der Waals surface area contributed by atoms with Gasteiger partial charge in [0.15, 0.2) is 0 Å². The Morgan fingerprint density at radius 2 is 1.70 bits per heavy atom. The number of hydrogen-bond acceptors (Lipinski definition) is 3. The molecule has 0 aliphatic heterocycles. The van der Waals surface area contributed by atoms with Gasteiger partial charge in [0.25, 0.3) is 0 Å². The smallest absolute Gasteiger partial charge is 0.405 e. The number of nitrogens with two attached hydrogens (primary N) is 1. The minimum absolute atomic E-state index is 0.0277. The van der Waals surface area contributed by atoms with Gasteiger partial charge in [0.1, 0.15) is 6.04 Å². The summed E-state index contributed by atoms with van der Waals surface area (Å²) >= 11 is 0. The van der Waals surface area contributed by atoms with Gasteiger partial charge in [0.2, 0.25) is 0 Å². The molecule has 242 valence electrons. The maximum atomic E-state index is 13.9. The van der Waals surface area contributed by atoms with E-state index >= 15 is 0 Å². The van der Waals surface area contributed by atoms with Crippen molar-refractivity contribution >= 4 is 5.97 Å². The molecule has 10 atom stereocenters. The number of allylic oxidation sites excluding steroid dienone is 4. The Kier molecular flexibility index (Phi) is 7.60. The first-order valence-corrected chi connectivity index (χ1v) is 17.2. The van der Waals surface area contributed by atoms with Crippen LogP contribution >= 0.6 is 0 Å². The highest BCUT2D eigenvalue weighted by Gasteiger charge is 2.69. The summed E-state index contributed by atoms with van der Waals surface area (Å²) in [7, 11) is 0. The average Bonchev–Trinajstić information content (AvgIpc) is 3.35. The van der Waals surface area contributed by atoms with Crippen molar-refractivity contribution in [3.63, 3.8) is 0 Å². The number of nitrogens with one attached hydrogen (secondary N) is 1. The molecule has 6 aliphatic rings. The van der Waals surface area contributed by atoms with Gasteiger partial charge in [-0.1, -0.05) is 53.2 Å². The summed E-state index contributed by atoms with van der Waals surface area (Å²) in [6.45, 7) is 12.1. The van der Waals surface area contributed by atoms with Gasteiger partial charge in [-0.25, -0.2) is 0 Å². The molecule has 4 saturated carbocycles. The van der Waals surface area contributed by atoms with Crippen LogP contribution in [0.4, 0.5) is 13.2 Å². The lowest BCUT2D eigenvalue weighted by molar-refractivity contribution is -0.222. The van der Waals surface area contributed by atoms with Gasteiger partial charge >= 0.3 is 12.1 Å². The molecule has 4 fully saturated rings. The Bertz CT molecular complexity index is 1190. The minimum Gasteiger partial charge on any atom is -0.481 e. The van der Waals surface area contributed by atoms with Crippen molar-refractivity contribution in [3.05, 3.63) is 23.3 Å². The molecule has 0 amide bonds. The first kappa shape index (κ1) is 31.6. The van der Waals surface area contributed by atoms with Crippen LogP contribution in [0, 0.1) is 51.2 Å². The molecular weight excluding hydrogens is 549 g/mol. The van der Waals surface area contributed by atoms with Crippen LogP contribution in [0.15, 0.2) is 23.3 Å². The van der Waals surface area contributed by atoms with Gasteiger partial charge in [0, 0.05) is 12.1 Å². The minimum atomic E-state index is -4.32. The van der Waals surface area contributed by atoms with Crippen molar-refractivity contribution in [3.8, 4) is 0 Å². The zero-order valence-electron chi connectivity index (χ0n) is 27.1. The number of carboxylic acid groups (broad SMARTS) is 1. The number of aliphatic carboxylic acids is 1. The Balaban J connectivity index is 1.28. The predicted molar refractivity (Wildman–Crippen MR) is 164 cm³/mol. The normalized spacial score (nSPS) is 46.4. The van der Waals surface area contributed by atoms with E-state index in [0.29, 0.717) is 24.2 Å². The molecule has 43 heavy (non-hydrogen) atoms. The monoisotopic (exact) mass is 604 g/mol. The lowest BCUT2D eigenvalue weighted by atomic mass is 9.33. The van der Waals surface area contributed by atoms with Crippen LogP contribution in [-0.4, -0.2) is 35.4 Å². The van der Waals surface area contributed by atoms with Crippen molar-refractivity contribution < 1.29 is 23.1 Å². The molecule has 7 heteroatoms. The molecule has 0 aromatic heterocycles. The summed E-state index contributed by atoms with van der Waals surface area (Å²) in [5, 5.41) is 12.7. The molecule has 0 heterocycles. The number of halogens is 3. The molecule has 0 radical (unpaired) electrons. The zero-order valence-corrected chi connectivity index (χ0v) is 27.1. The fraction of sp³-hybridized carbons (Fsp3) is 0.861. The summed E-state index contributed by atoms with van der Waals surface area (Å²) in [6, 6.07) is -1.63. The topological polar surface area (TPSA) is 75.3 Å². The number of rotatable bonds is 5. The van der Waals surface area contributed by atoms with Gasteiger partial charge in [-0.3, -0.25) is 10.1 Å². The number of hydrogen-bond donors (Lipinski definition) is 3. The van der Waals surface area contributed by atoms with E-state index in [4.69, 9.17) is 5.73 Å². The Labute approximate surface area is 256 Å². The Hall–Kier alpha value is -1.34. The largest absolute Gasteiger partial charge is 0.481 e. The SMILES string of the molecule is CC1(C)C(C2=CCC(C(=O)O)CC2)=CCC2(C)C1CCC1(C)C2CCC2C3CCCC3(NC(CN)C(F)(F)F)CC[C@]21C.